The second kappa shape index (κ2) is 10.1. The molecule has 1 amide bonds. The van der Waals surface area contributed by atoms with E-state index >= 15 is 0 Å². The molecule has 5 heterocycles. The first-order chi connectivity index (χ1) is 17.8. The fraction of sp³-hybridized carbons (Fsp3) is 0.280. The van der Waals surface area contributed by atoms with Gasteiger partial charge in [0.05, 0.1) is 72.6 Å². The Morgan fingerprint density at radius 1 is 1.03 bits per heavy atom. The number of nitrogens with zero attached hydrogens (tertiary/aromatic N) is 4. The van der Waals surface area contributed by atoms with E-state index in [1.165, 1.54) is 0 Å². The predicted molar refractivity (Wildman–Crippen MR) is 139 cm³/mol. The van der Waals surface area contributed by atoms with Gasteiger partial charge in [-0.3, -0.25) is 19.7 Å². The number of anilines is 1. The summed E-state index contributed by atoms with van der Waals surface area (Å²) in [4.78, 5) is 31.4. The van der Waals surface area contributed by atoms with Gasteiger partial charge in [0.15, 0.2) is 9.84 Å². The molecule has 0 saturated carbocycles. The summed E-state index contributed by atoms with van der Waals surface area (Å²) >= 11 is 0. The highest BCUT2D eigenvalue weighted by atomic mass is 32.2. The number of pyridine rings is 3. The van der Waals surface area contributed by atoms with Gasteiger partial charge < -0.3 is 19.8 Å². The van der Waals surface area contributed by atoms with E-state index in [0.717, 1.165) is 27.9 Å². The Labute approximate surface area is 213 Å². The van der Waals surface area contributed by atoms with Crippen LogP contribution in [0.4, 0.5) is 5.82 Å². The van der Waals surface area contributed by atoms with Gasteiger partial charge in [-0.2, -0.15) is 0 Å². The van der Waals surface area contributed by atoms with Gasteiger partial charge in [0.2, 0.25) is 5.91 Å². The second-order valence-electron chi connectivity index (χ2n) is 8.64. The average molecular weight is 523 g/mol. The number of sulfone groups is 1. The van der Waals surface area contributed by atoms with Crippen LogP contribution in [0.3, 0.4) is 0 Å². The van der Waals surface area contributed by atoms with E-state index in [9.17, 15) is 13.2 Å². The molecular formula is C25H26N6O5S. The van der Waals surface area contributed by atoms with Crippen molar-refractivity contribution in [2.24, 2.45) is 0 Å². The Morgan fingerprint density at radius 2 is 1.78 bits per heavy atom. The Morgan fingerprint density at radius 3 is 2.49 bits per heavy atom. The molecule has 0 bridgehead atoms. The van der Waals surface area contributed by atoms with Gasteiger partial charge in [0, 0.05) is 30.9 Å². The smallest absolute Gasteiger partial charge is 0.239 e. The zero-order valence-corrected chi connectivity index (χ0v) is 21.2. The first-order valence-corrected chi connectivity index (χ1v) is 13.4. The summed E-state index contributed by atoms with van der Waals surface area (Å²) in [6, 6.07) is 9.16. The van der Waals surface area contributed by atoms with Gasteiger partial charge in [0.1, 0.15) is 17.3 Å². The third-order valence-corrected chi connectivity index (χ3v) is 7.80. The van der Waals surface area contributed by atoms with Crippen LogP contribution in [-0.4, -0.2) is 84.5 Å². The number of fused-ring (bicyclic) bond motifs is 1. The number of carbonyl (C=O) groups excluding carboxylic acids is 1. The highest BCUT2D eigenvalue weighted by molar-refractivity contribution is 7.91. The normalized spacial score (nSPS) is 15.4. The SMILES string of the molecule is COc1ccc(-c2c(-c3ccnc(NC(=O)CN4CCS(=O)(=O)CC4)c3)[nH]c3cc(OC)cnc23)nc1. The molecule has 0 spiro atoms. The number of nitrogens with one attached hydrogen (secondary N) is 2. The van der Waals surface area contributed by atoms with Crippen molar-refractivity contribution in [3.63, 3.8) is 0 Å². The minimum absolute atomic E-state index is 0.0649. The summed E-state index contributed by atoms with van der Waals surface area (Å²) in [6.45, 7) is 0.776. The summed E-state index contributed by atoms with van der Waals surface area (Å²) < 4.78 is 33.9. The highest BCUT2D eigenvalue weighted by Crippen LogP contribution is 2.38. The van der Waals surface area contributed by atoms with E-state index in [1.54, 1.807) is 38.9 Å². The molecule has 11 nitrogen and oxygen atoms in total. The molecule has 0 aliphatic carbocycles. The van der Waals surface area contributed by atoms with Crippen LogP contribution in [0.2, 0.25) is 0 Å². The minimum atomic E-state index is -3.01. The van der Waals surface area contributed by atoms with Crippen molar-refractivity contribution in [1.29, 1.82) is 0 Å². The van der Waals surface area contributed by atoms with E-state index in [1.807, 2.05) is 29.2 Å². The number of hydrogen-bond donors (Lipinski definition) is 2. The van der Waals surface area contributed by atoms with Crippen molar-refractivity contribution in [1.82, 2.24) is 24.8 Å². The Hall–Kier alpha value is -4.03. The lowest BCUT2D eigenvalue weighted by Gasteiger charge is -2.25. The van der Waals surface area contributed by atoms with Crippen LogP contribution in [0, 0.1) is 0 Å². The number of amides is 1. The minimum Gasteiger partial charge on any atom is -0.495 e. The number of aromatic amines is 1. The van der Waals surface area contributed by atoms with Crippen molar-refractivity contribution < 1.29 is 22.7 Å². The van der Waals surface area contributed by atoms with Gasteiger partial charge in [-0.1, -0.05) is 0 Å². The Kier molecular flexibility index (Phi) is 6.76. The maximum absolute atomic E-state index is 12.7. The average Bonchev–Trinajstić information content (AvgIpc) is 3.29. The second-order valence-corrected chi connectivity index (χ2v) is 10.9. The van der Waals surface area contributed by atoms with Crippen LogP contribution in [0.25, 0.3) is 33.5 Å². The molecule has 2 N–H and O–H groups in total. The molecule has 1 saturated heterocycles. The van der Waals surface area contributed by atoms with Gasteiger partial charge in [-0.25, -0.2) is 13.4 Å². The maximum Gasteiger partial charge on any atom is 0.239 e. The molecule has 1 aliphatic heterocycles. The van der Waals surface area contributed by atoms with Crippen LogP contribution in [0.15, 0.2) is 48.9 Å². The number of aromatic nitrogens is 4. The zero-order valence-electron chi connectivity index (χ0n) is 20.4. The molecule has 12 heteroatoms. The first kappa shape index (κ1) is 24.7. The number of methoxy groups -OCH3 is 2. The van der Waals surface area contributed by atoms with Gasteiger partial charge in [-0.15, -0.1) is 0 Å². The van der Waals surface area contributed by atoms with Gasteiger partial charge in [0.25, 0.3) is 0 Å². The van der Waals surface area contributed by atoms with Crippen LogP contribution in [-0.2, 0) is 14.6 Å². The lowest BCUT2D eigenvalue weighted by atomic mass is 10.0. The highest BCUT2D eigenvalue weighted by Gasteiger charge is 2.23. The molecule has 1 aliphatic rings. The van der Waals surface area contributed by atoms with Crippen LogP contribution < -0.4 is 14.8 Å². The molecule has 0 aromatic carbocycles. The Bertz CT molecular complexity index is 1540. The monoisotopic (exact) mass is 522 g/mol. The summed E-state index contributed by atoms with van der Waals surface area (Å²) in [5, 5.41) is 2.82. The van der Waals surface area contributed by atoms with Crippen LogP contribution in [0.5, 0.6) is 11.5 Å². The van der Waals surface area contributed by atoms with E-state index in [0.29, 0.717) is 36.1 Å². The molecule has 4 aromatic rings. The maximum atomic E-state index is 12.7. The standard InChI is InChI=1S/C25H26N6O5S/c1-35-17-3-4-19(27-13-17)23-24(29-20-12-18(36-2)14-28-25(20)23)16-5-6-26-21(11-16)30-22(32)15-31-7-9-37(33,34)10-8-31/h3-6,11-14,29H,7-10,15H2,1-2H3,(H,26,30,32). The number of hydrogen-bond acceptors (Lipinski definition) is 9. The van der Waals surface area contributed by atoms with E-state index < -0.39 is 9.84 Å². The summed E-state index contributed by atoms with van der Waals surface area (Å²) in [5.41, 5.74) is 4.51. The van der Waals surface area contributed by atoms with E-state index in [-0.39, 0.29) is 24.0 Å². The summed E-state index contributed by atoms with van der Waals surface area (Å²) in [5.74, 6) is 1.50. The van der Waals surface area contributed by atoms with Gasteiger partial charge in [-0.05, 0) is 24.3 Å². The number of rotatable bonds is 7. The molecule has 5 rings (SSSR count). The largest absolute Gasteiger partial charge is 0.495 e. The number of ether oxygens (including phenoxy) is 2. The molecule has 37 heavy (non-hydrogen) atoms. The lowest BCUT2D eigenvalue weighted by Crippen LogP contribution is -2.43. The van der Waals surface area contributed by atoms with Crippen molar-refractivity contribution in [2.75, 3.05) is 50.7 Å². The van der Waals surface area contributed by atoms with Crippen molar-refractivity contribution in [3.8, 4) is 34.0 Å². The quantitative estimate of drug-likeness (QED) is 0.374. The number of H-pyrrole nitrogens is 1. The topological polar surface area (TPSA) is 139 Å². The molecular weight excluding hydrogens is 496 g/mol. The van der Waals surface area contributed by atoms with E-state index in [4.69, 9.17) is 9.47 Å². The fourth-order valence-electron chi connectivity index (χ4n) is 4.23. The molecule has 0 unspecified atom stereocenters. The molecule has 4 aromatic heterocycles. The van der Waals surface area contributed by atoms with Crippen molar-refractivity contribution in [2.45, 2.75) is 0 Å². The summed E-state index contributed by atoms with van der Waals surface area (Å²) in [7, 11) is 0.160. The summed E-state index contributed by atoms with van der Waals surface area (Å²) in [6.07, 6.45) is 4.91. The third-order valence-electron chi connectivity index (χ3n) is 6.19. The molecule has 0 atom stereocenters. The zero-order chi connectivity index (χ0) is 26.0. The molecule has 1 fully saturated rings. The Balaban J connectivity index is 1.45. The third kappa shape index (κ3) is 5.39. The molecule has 192 valence electrons. The van der Waals surface area contributed by atoms with Gasteiger partial charge >= 0.3 is 0 Å². The molecule has 0 radical (unpaired) electrons. The first-order valence-electron chi connectivity index (χ1n) is 11.6. The van der Waals surface area contributed by atoms with Crippen molar-refractivity contribution >= 4 is 32.6 Å². The van der Waals surface area contributed by atoms with Crippen LogP contribution >= 0.6 is 0 Å². The van der Waals surface area contributed by atoms with Crippen molar-refractivity contribution in [3.05, 3.63) is 48.9 Å². The van der Waals surface area contributed by atoms with E-state index in [2.05, 4.69) is 25.3 Å². The van der Waals surface area contributed by atoms with Crippen LogP contribution in [0.1, 0.15) is 0 Å². The fourth-order valence-corrected chi connectivity index (χ4v) is 5.51. The predicted octanol–water partition coefficient (Wildman–Crippen LogP) is 2.37. The number of carbonyl (C=O) groups is 1. The lowest BCUT2D eigenvalue weighted by molar-refractivity contribution is -0.117.